The van der Waals surface area contributed by atoms with Gasteiger partial charge >= 0.3 is 12.3 Å². The quantitative estimate of drug-likeness (QED) is 0.744. The van der Waals surface area contributed by atoms with Crippen LogP contribution in [0.4, 0.5) is 18.0 Å². The Kier molecular flexibility index (Phi) is 3.92. The second kappa shape index (κ2) is 5.09. The monoisotopic (exact) mass is 294 g/mol. The van der Waals surface area contributed by atoms with Crippen LogP contribution in [0.1, 0.15) is 20.8 Å². The summed E-state index contributed by atoms with van der Waals surface area (Å²) in [6, 6.07) is 0. The third-order valence-electron chi connectivity index (χ3n) is 3.62. The first-order valence-electron chi connectivity index (χ1n) is 6.80. The highest BCUT2D eigenvalue weighted by Gasteiger charge is 2.45. The van der Waals surface area contributed by atoms with Gasteiger partial charge in [0.2, 0.25) is 0 Å². The standard InChI is InChI=1S/C13H21F3N2O2/c1-12(2,3)20-11(19)18-6-9-4-17(5-10(9)7-18)8-13(14,15)16/h9-10H,4-8H2,1-3H3/t9-,10-/m0/s1. The minimum Gasteiger partial charge on any atom is -0.444 e. The molecule has 2 saturated heterocycles. The molecule has 0 aromatic rings. The van der Waals surface area contributed by atoms with Gasteiger partial charge in [-0.25, -0.2) is 4.79 Å². The normalized spacial score (nSPS) is 27.8. The number of hydrogen-bond acceptors (Lipinski definition) is 3. The zero-order valence-corrected chi connectivity index (χ0v) is 12.0. The average Bonchev–Trinajstić information content (AvgIpc) is 2.68. The van der Waals surface area contributed by atoms with Crippen molar-refractivity contribution < 1.29 is 22.7 Å². The van der Waals surface area contributed by atoms with Gasteiger partial charge in [-0.15, -0.1) is 0 Å². The van der Waals surface area contributed by atoms with Crippen molar-refractivity contribution in [2.24, 2.45) is 11.8 Å². The Morgan fingerprint density at radius 3 is 2.00 bits per heavy atom. The molecule has 0 aliphatic carbocycles. The summed E-state index contributed by atoms with van der Waals surface area (Å²) in [4.78, 5) is 15.0. The van der Waals surface area contributed by atoms with E-state index in [0.29, 0.717) is 26.2 Å². The molecule has 0 unspecified atom stereocenters. The van der Waals surface area contributed by atoms with Crippen LogP contribution in [0.5, 0.6) is 0 Å². The number of carbonyl (C=O) groups excluding carboxylic acids is 1. The Morgan fingerprint density at radius 2 is 1.60 bits per heavy atom. The first-order chi connectivity index (χ1) is 9.03. The molecule has 0 bridgehead atoms. The number of rotatable bonds is 1. The Hall–Kier alpha value is -0.980. The zero-order valence-electron chi connectivity index (χ0n) is 12.0. The summed E-state index contributed by atoms with van der Waals surface area (Å²) in [5, 5.41) is 0. The van der Waals surface area contributed by atoms with E-state index in [1.165, 1.54) is 4.90 Å². The number of ether oxygens (including phenoxy) is 1. The number of halogens is 3. The molecule has 4 nitrogen and oxygen atoms in total. The number of fused-ring (bicyclic) bond motifs is 1. The van der Waals surface area contributed by atoms with Crippen LogP contribution in [0.3, 0.4) is 0 Å². The van der Waals surface area contributed by atoms with Crippen molar-refractivity contribution in [3.63, 3.8) is 0 Å². The zero-order chi connectivity index (χ0) is 15.1. The summed E-state index contributed by atoms with van der Waals surface area (Å²) >= 11 is 0. The van der Waals surface area contributed by atoms with E-state index in [4.69, 9.17) is 4.74 Å². The van der Waals surface area contributed by atoms with Crippen LogP contribution >= 0.6 is 0 Å². The fourth-order valence-corrected chi connectivity index (χ4v) is 2.95. The first-order valence-corrected chi connectivity index (χ1v) is 6.80. The smallest absolute Gasteiger partial charge is 0.410 e. The largest absolute Gasteiger partial charge is 0.444 e. The Morgan fingerprint density at radius 1 is 1.10 bits per heavy atom. The van der Waals surface area contributed by atoms with E-state index in [-0.39, 0.29) is 17.9 Å². The molecule has 116 valence electrons. The molecule has 0 N–H and O–H groups in total. The van der Waals surface area contributed by atoms with Crippen LogP contribution < -0.4 is 0 Å². The lowest BCUT2D eigenvalue weighted by Gasteiger charge is -2.26. The number of likely N-dealkylation sites (tertiary alicyclic amines) is 2. The molecule has 0 aromatic carbocycles. The van der Waals surface area contributed by atoms with E-state index in [9.17, 15) is 18.0 Å². The Balaban J connectivity index is 1.84. The molecule has 2 aliphatic rings. The minimum absolute atomic E-state index is 0.130. The van der Waals surface area contributed by atoms with Crippen molar-refractivity contribution in [1.82, 2.24) is 9.80 Å². The van der Waals surface area contributed by atoms with Gasteiger partial charge in [-0.1, -0.05) is 0 Å². The van der Waals surface area contributed by atoms with Crippen LogP contribution in [0.25, 0.3) is 0 Å². The molecular formula is C13H21F3N2O2. The van der Waals surface area contributed by atoms with Crippen molar-refractivity contribution in [1.29, 1.82) is 0 Å². The SMILES string of the molecule is CC(C)(C)OC(=O)N1C[C@@H]2CN(CC(F)(F)F)C[C@H]2C1. The van der Waals surface area contributed by atoms with Crippen molar-refractivity contribution in [3.05, 3.63) is 0 Å². The van der Waals surface area contributed by atoms with Gasteiger partial charge in [-0.2, -0.15) is 13.2 Å². The minimum atomic E-state index is -4.15. The van der Waals surface area contributed by atoms with Gasteiger partial charge in [-0.05, 0) is 32.6 Å². The molecule has 0 spiro atoms. The van der Waals surface area contributed by atoms with E-state index in [1.807, 2.05) is 0 Å². The Labute approximate surface area is 116 Å². The summed E-state index contributed by atoms with van der Waals surface area (Å²) in [5.74, 6) is 0.259. The molecule has 7 heteroatoms. The third-order valence-corrected chi connectivity index (χ3v) is 3.62. The van der Waals surface area contributed by atoms with E-state index in [1.54, 1.807) is 25.7 Å². The van der Waals surface area contributed by atoms with Gasteiger partial charge in [-0.3, -0.25) is 4.90 Å². The summed E-state index contributed by atoms with van der Waals surface area (Å²) in [6.07, 6.45) is -4.52. The Bertz CT molecular complexity index is 365. The molecule has 2 atom stereocenters. The predicted octanol–water partition coefficient (Wildman–Crippen LogP) is 2.35. The maximum absolute atomic E-state index is 12.3. The van der Waals surface area contributed by atoms with Crippen molar-refractivity contribution in [3.8, 4) is 0 Å². The lowest BCUT2D eigenvalue weighted by atomic mass is 10.0. The van der Waals surface area contributed by atoms with Gasteiger partial charge in [0.15, 0.2) is 0 Å². The topological polar surface area (TPSA) is 32.8 Å². The molecule has 0 radical (unpaired) electrons. The fraction of sp³-hybridized carbons (Fsp3) is 0.923. The lowest BCUT2D eigenvalue weighted by molar-refractivity contribution is -0.144. The first kappa shape index (κ1) is 15.4. The molecule has 2 fully saturated rings. The van der Waals surface area contributed by atoms with Crippen LogP contribution in [0.2, 0.25) is 0 Å². The molecule has 2 heterocycles. The predicted molar refractivity (Wildman–Crippen MR) is 67.3 cm³/mol. The highest BCUT2D eigenvalue weighted by atomic mass is 19.4. The van der Waals surface area contributed by atoms with E-state index in [0.717, 1.165) is 0 Å². The number of hydrogen-bond donors (Lipinski definition) is 0. The molecule has 1 amide bonds. The lowest BCUT2D eigenvalue weighted by Crippen LogP contribution is -2.39. The van der Waals surface area contributed by atoms with Crippen molar-refractivity contribution in [2.45, 2.75) is 32.5 Å². The fourth-order valence-electron chi connectivity index (χ4n) is 2.95. The maximum atomic E-state index is 12.3. The molecular weight excluding hydrogens is 273 g/mol. The summed E-state index contributed by atoms with van der Waals surface area (Å²) in [5.41, 5.74) is -0.545. The number of carbonyl (C=O) groups is 1. The molecule has 0 aromatic heterocycles. The summed E-state index contributed by atoms with van der Waals surface area (Å²) < 4.78 is 42.3. The second-order valence-corrected chi connectivity index (χ2v) is 6.71. The van der Waals surface area contributed by atoms with Gasteiger partial charge < -0.3 is 9.64 Å². The maximum Gasteiger partial charge on any atom is 0.410 e. The van der Waals surface area contributed by atoms with Gasteiger partial charge in [0.25, 0.3) is 0 Å². The summed E-state index contributed by atoms with van der Waals surface area (Å²) in [7, 11) is 0. The second-order valence-electron chi connectivity index (χ2n) is 6.71. The van der Waals surface area contributed by atoms with Crippen LogP contribution in [-0.2, 0) is 4.74 Å². The van der Waals surface area contributed by atoms with Crippen molar-refractivity contribution in [2.75, 3.05) is 32.7 Å². The molecule has 0 saturated carbocycles. The van der Waals surface area contributed by atoms with Crippen LogP contribution in [0.15, 0.2) is 0 Å². The highest BCUT2D eigenvalue weighted by molar-refractivity contribution is 5.68. The van der Waals surface area contributed by atoms with Gasteiger partial charge in [0.1, 0.15) is 5.60 Å². The van der Waals surface area contributed by atoms with Crippen molar-refractivity contribution >= 4 is 6.09 Å². The number of alkyl halides is 3. The molecule has 2 rings (SSSR count). The molecule has 2 aliphatic heterocycles. The van der Waals surface area contributed by atoms with Gasteiger partial charge in [0, 0.05) is 26.2 Å². The van der Waals surface area contributed by atoms with Crippen LogP contribution in [-0.4, -0.2) is 60.4 Å². The number of amides is 1. The summed E-state index contributed by atoms with van der Waals surface area (Å²) in [6.45, 7) is 6.34. The third kappa shape index (κ3) is 4.01. The van der Waals surface area contributed by atoms with Gasteiger partial charge in [0.05, 0.1) is 6.54 Å². The van der Waals surface area contributed by atoms with Crippen LogP contribution in [0, 0.1) is 11.8 Å². The average molecular weight is 294 g/mol. The van der Waals surface area contributed by atoms with E-state index >= 15 is 0 Å². The highest BCUT2D eigenvalue weighted by Crippen LogP contribution is 2.33. The number of nitrogens with zero attached hydrogens (tertiary/aromatic N) is 2. The van der Waals surface area contributed by atoms with E-state index in [2.05, 4.69) is 0 Å². The molecule has 20 heavy (non-hydrogen) atoms. The van der Waals surface area contributed by atoms with E-state index < -0.39 is 18.3 Å².